The molecule has 0 aliphatic carbocycles. The minimum absolute atomic E-state index is 0.460. The molecule has 19 heavy (non-hydrogen) atoms. The molecule has 0 bridgehead atoms. The van der Waals surface area contributed by atoms with Crippen LogP contribution in [0.5, 0.6) is 0 Å². The first-order valence-electron chi connectivity index (χ1n) is 6.82. The lowest BCUT2D eigenvalue weighted by atomic mass is 10.0. The number of unbranched alkanes of at least 4 members (excludes halogenated alkanes) is 1. The fourth-order valence-corrected chi connectivity index (χ4v) is 3.58. The molecular weight excluding hydrogens is 318 g/mol. The average Bonchev–Trinajstić information content (AvgIpc) is 2.86. The Balaban J connectivity index is 1.97. The van der Waals surface area contributed by atoms with Gasteiger partial charge in [-0.3, -0.25) is 0 Å². The number of rotatable bonds is 7. The molecule has 0 fully saturated rings. The van der Waals surface area contributed by atoms with E-state index in [1.165, 1.54) is 33.5 Å². The van der Waals surface area contributed by atoms with Gasteiger partial charge in [0.25, 0.3) is 0 Å². The molecule has 0 saturated heterocycles. The fraction of sp³-hybridized carbons (Fsp3) is 0.375. The first-order valence-corrected chi connectivity index (χ1v) is 8.43. The number of benzene rings is 1. The SMILES string of the molecule is CCCCC(NCc1ccc(Br)s1)c1ccccc1. The molecule has 1 unspecified atom stereocenters. The van der Waals surface area contributed by atoms with Gasteiger partial charge in [-0.1, -0.05) is 50.1 Å². The first kappa shape index (κ1) is 14.8. The molecule has 2 aromatic rings. The Hall–Kier alpha value is -0.640. The Morgan fingerprint density at radius 1 is 1.16 bits per heavy atom. The largest absolute Gasteiger partial charge is 0.305 e. The smallest absolute Gasteiger partial charge is 0.0701 e. The van der Waals surface area contributed by atoms with Crippen molar-refractivity contribution in [3.8, 4) is 0 Å². The third-order valence-corrected chi connectivity index (χ3v) is 4.82. The molecule has 0 saturated carbocycles. The van der Waals surface area contributed by atoms with Gasteiger partial charge in [-0.05, 0) is 40.0 Å². The average molecular weight is 338 g/mol. The van der Waals surface area contributed by atoms with Crippen LogP contribution >= 0.6 is 27.3 Å². The topological polar surface area (TPSA) is 12.0 Å². The predicted octanol–water partition coefficient (Wildman–Crippen LogP) is 5.53. The van der Waals surface area contributed by atoms with Gasteiger partial charge in [-0.2, -0.15) is 0 Å². The van der Waals surface area contributed by atoms with Crippen LogP contribution in [0.3, 0.4) is 0 Å². The van der Waals surface area contributed by atoms with Gasteiger partial charge < -0.3 is 5.32 Å². The van der Waals surface area contributed by atoms with Crippen LogP contribution < -0.4 is 5.32 Å². The third kappa shape index (κ3) is 4.75. The Bertz CT molecular complexity index is 481. The van der Waals surface area contributed by atoms with Gasteiger partial charge in [0.1, 0.15) is 0 Å². The molecule has 1 N–H and O–H groups in total. The highest BCUT2D eigenvalue weighted by atomic mass is 79.9. The van der Waals surface area contributed by atoms with Crippen molar-refractivity contribution in [2.75, 3.05) is 0 Å². The Morgan fingerprint density at radius 2 is 1.95 bits per heavy atom. The first-order chi connectivity index (χ1) is 9.29. The maximum atomic E-state index is 3.69. The van der Waals surface area contributed by atoms with E-state index in [1.807, 2.05) is 0 Å². The predicted molar refractivity (Wildman–Crippen MR) is 87.6 cm³/mol. The Labute approximate surface area is 128 Å². The van der Waals surface area contributed by atoms with Crippen LogP contribution in [-0.4, -0.2) is 0 Å². The summed E-state index contributed by atoms with van der Waals surface area (Å²) in [6.45, 7) is 3.19. The Kier molecular flexibility index (Phi) is 6.08. The molecule has 1 aromatic heterocycles. The van der Waals surface area contributed by atoms with Crippen molar-refractivity contribution in [3.63, 3.8) is 0 Å². The number of hydrogen-bond acceptors (Lipinski definition) is 2. The van der Waals surface area contributed by atoms with Gasteiger partial charge in [0.05, 0.1) is 3.79 Å². The monoisotopic (exact) mass is 337 g/mol. The molecule has 0 spiro atoms. The zero-order valence-corrected chi connectivity index (χ0v) is 13.6. The maximum Gasteiger partial charge on any atom is 0.0701 e. The summed E-state index contributed by atoms with van der Waals surface area (Å²) >= 11 is 5.32. The molecule has 1 atom stereocenters. The highest BCUT2D eigenvalue weighted by molar-refractivity contribution is 9.11. The van der Waals surface area contributed by atoms with Crippen molar-refractivity contribution < 1.29 is 0 Å². The van der Waals surface area contributed by atoms with Crippen molar-refractivity contribution >= 4 is 27.3 Å². The molecule has 1 heterocycles. The van der Waals surface area contributed by atoms with Crippen molar-refractivity contribution in [1.29, 1.82) is 0 Å². The lowest BCUT2D eigenvalue weighted by molar-refractivity contribution is 0.483. The molecule has 1 aromatic carbocycles. The fourth-order valence-electron chi connectivity index (χ4n) is 2.15. The van der Waals surface area contributed by atoms with Crippen molar-refractivity contribution in [3.05, 3.63) is 56.7 Å². The molecule has 0 radical (unpaired) electrons. The van der Waals surface area contributed by atoms with Crippen LogP contribution in [0.2, 0.25) is 0 Å². The summed E-state index contributed by atoms with van der Waals surface area (Å²) in [6, 6.07) is 15.5. The van der Waals surface area contributed by atoms with E-state index in [4.69, 9.17) is 0 Å². The van der Waals surface area contributed by atoms with E-state index < -0.39 is 0 Å². The van der Waals surface area contributed by atoms with Gasteiger partial charge in [0.2, 0.25) is 0 Å². The molecule has 0 aliphatic heterocycles. The number of halogens is 1. The van der Waals surface area contributed by atoms with Gasteiger partial charge in [-0.15, -0.1) is 11.3 Å². The van der Waals surface area contributed by atoms with E-state index in [1.54, 1.807) is 11.3 Å². The van der Waals surface area contributed by atoms with Crippen LogP contribution in [0.25, 0.3) is 0 Å². The highest BCUT2D eigenvalue weighted by Gasteiger charge is 2.10. The van der Waals surface area contributed by atoms with Crippen LogP contribution in [0, 0.1) is 0 Å². The molecular formula is C16H20BrNS. The van der Waals surface area contributed by atoms with Crippen LogP contribution in [0.4, 0.5) is 0 Å². The second-order valence-electron chi connectivity index (χ2n) is 4.69. The minimum atomic E-state index is 0.460. The summed E-state index contributed by atoms with van der Waals surface area (Å²) in [5, 5.41) is 3.69. The summed E-state index contributed by atoms with van der Waals surface area (Å²) < 4.78 is 1.20. The second-order valence-corrected chi connectivity index (χ2v) is 7.24. The van der Waals surface area contributed by atoms with Crippen molar-refractivity contribution in [1.82, 2.24) is 5.32 Å². The molecule has 0 aliphatic rings. The van der Waals surface area contributed by atoms with Crippen LogP contribution in [-0.2, 0) is 6.54 Å². The summed E-state index contributed by atoms with van der Waals surface area (Å²) in [7, 11) is 0. The number of nitrogens with one attached hydrogen (secondary N) is 1. The highest BCUT2D eigenvalue weighted by Crippen LogP contribution is 2.24. The standard InChI is InChI=1S/C16H20BrNS/c1-2-3-9-15(13-7-5-4-6-8-13)18-12-14-10-11-16(17)19-14/h4-8,10-11,15,18H,2-3,9,12H2,1H3. The lowest BCUT2D eigenvalue weighted by Gasteiger charge is -2.18. The summed E-state index contributed by atoms with van der Waals surface area (Å²) in [5.41, 5.74) is 1.39. The van der Waals surface area contributed by atoms with Crippen LogP contribution in [0.15, 0.2) is 46.3 Å². The zero-order valence-electron chi connectivity index (χ0n) is 11.2. The third-order valence-electron chi connectivity index (χ3n) is 3.20. The summed E-state index contributed by atoms with van der Waals surface area (Å²) in [6.07, 6.45) is 3.71. The van der Waals surface area contributed by atoms with Gasteiger partial charge in [0.15, 0.2) is 0 Å². The molecule has 2 rings (SSSR count). The van der Waals surface area contributed by atoms with E-state index in [0.717, 1.165) is 6.54 Å². The van der Waals surface area contributed by atoms with Crippen LogP contribution in [0.1, 0.15) is 42.7 Å². The maximum absolute atomic E-state index is 3.69. The minimum Gasteiger partial charge on any atom is -0.305 e. The van der Waals surface area contributed by atoms with E-state index in [9.17, 15) is 0 Å². The molecule has 0 amide bonds. The summed E-state index contributed by atoms with van der Waals surface area (Å²) in [5.74, 6) is 0. The zero-order chi connectivity index (χ0) is 13.5. The normalized spacial score (nSPS) is 12.5. The lowest BCUT2D eigenvalue weighted by Crippen LogP contribution is -2.20. The van der Waals surface area contributed by atoms with Crippen molar-refractivity contribution in [2.45, 2.75) is 38.8 Å². The van der Waals surface area contributed by atoms with Crippen molar-refractivity contribution in [2.24, 2.45) is 0 Å². The number of hydrogen-bond donors (Lipinski definition) is 1. The van der Waals surface area contributed by atoms with Gasteiger partial charge >= 0.3 is 0 Å². The molecule has 102 valence electrons. The quantitative estimate of drug-likeness (QED) is 0.700. The number of thiophene rings is 1. The Morgan fingerprint density at radius 3 is 2.58 bits per heavy atom. The van der Waals surface area contributed by atoms with E-state index in [-0.39, 0.29) is 0 Å². The molecule has 3 heteroatoms. The van der Waals surface area contributed by atoms with E-state index in [0.29, 0.717) is 6.04 Å². The second kappa shape index (κ2) is 7.83. The molecule has 1 nitrogen and oxygen atoms in total. The van der Waals surface area contributed by atoms with Gasteiger partial charge in [0, 0.05) is 17.5 Å². The van der Waals surface area contributed by atoms with E-state index >= 15 is 0 Å². The summed E-state index contributed by atoms with van der Waals surface area (Å²) in [4.78, 5) is 1.38. The van der Waals surface area contributed by atoms with E-state index in [2.05, 4.69) is 70.6 Å². The van der Waals surface area contributed by atoms with Gasteiger partial charge in [-0.25, -0.2) is 0 Å².